The smallest absolute Gasteiger partial charge is 0.223 e. The van der Waals surface area contributed by atoms with Crippen LogP contribution in [-0.2, 0) is 43.3 Å². The normalized spacial score (nSPS) is 11.5. The van der Waals surface area contributed by atoms with Crippen LogP contribution in [0.1, 0.15) is 217 Å². The SMILES string of the molecule is CC(C)(C)c1ccc(Cl)cn1.CC(C)(C)c1ccccn1.CC(C)(C)c1cccnc1.CC(C)(C)c1cccnc1Oc1ccc(F)cc1.CC(C)(C)c1cccnc1Oc1ccc(F)cc1F.CC(C)(C)c1ccncc1.CC(C)(C)c1cnccn1.Cc1cccnc1C(C)(C)C. The second-order valence-electron chi connectivity index (χ2n) is 31.8. The topological polar surface area (TPSA) is 134 Å². The molecule has 0 aliphatic heterocycles. The van der Waals surface area contributed by atoms with Crippen molar-refractivity contribution in [2.75, 3.05) is 0 Å². The van der Waals surface area contributed by atoms with Crippen molar-refractivity contribution in [3.63, 3.8) is 0 Å². The molecule has 99 heavy (non-hydrogen) atoms. The van der Waals surface area contributed by atoms with Crippen molar-refractivity contribution in [3.8, 4) is 23.3 Å². The number of hydrogen-bond donors (Lipinski definition) is 0. The van der Waals surface area contributed by atoms with Crippen molar-refractivity contribution in [1.29, 1.82) is 0 Å². The van der Waals surface area contributed by atoms with E-state index in [0.717, 1.165) is 40.3 Å². The van der Waals surface area contributed by atoms with Crippen molar-refractivity contribution in [2.24, 2.45) is 0 Å². The van der Waals surface area contributed by atoms with Gasteiger partial charge in [0.1, 0.15) is 17.4 Å². The molecule has 0 N–H and O–H groups in total. The van der Waals surface area contributed by atoms with E-state index >= 15 is 0 Å². The predicted molar refractivity (Wildman–Crippen MR) is 404 cm³/mol. The van der Waals surface area contributed by atoms with E-state index in [1.807, 2.05) is 106 Å². The number of hydrogen-bond acceptors (Lipinski definition) is 11. The van der Waals surface area contributed by atoms with Crippen LogP contribution in [-0.4, -0.2) is 44.9 Å². The van der Waals surface area contributed by atoms with Gasteiger partial charge in [-0.05, 0) is 142 Å². The third-order valence-electron chi connectivity index (χ3n) is 14.3. The number of ether oxygens (including phenoxy) is 2. The molecule has 2 aromatic carbocycles. The number of aryl methyl sites for hydroxylation is 1. The maximum Gasteiger partial charge on any atom is 0.223 e. The van der Waals surface area contributed by atoms with Gasteiger partial charge in [0.25, 0.3) is 0 Å². The fourth-order valence-corrected chi connectivity index (χ4v) is 8.72. The Bertz CT molecular complexity index is 3710. The lowest BCUT2D eigenvalue weighted by Crippen LogP contribution is -2.14. The summed E-state index contributed by atoms with van der Waals surface area (Å²) in [4.78, 5) is 37.4. The highest BCUT2D eigenvalue weighted by atomic mass is 35.5. The Morgan fingerprint density at radius 2 is 0.808 bits per heavy atom. The standard InChI is InChI=1S/C15H15F2NO.C15H16FNO.C10H15N.C9H12ClN.3C9H13N.C8H12N2/c1-15(2,3)11-5-4-8-18-14(11)19-13-7-6-10(16)9-12(13)17;1-15(2,3)13-5-4-10-17-14(13)18-12-8-6-11(16)7-9-12;1-8-6-5-7-11-9(8)10(2,3)4;1-9(2,3)8-5-4-7(10)6-11-8;1-9(2,3)8-4-6-10-7-5-8;1-9(2,3)8-5-4-6-10-7-8;1-9(2,3)8-6-4-5-7-10-8;1-8(2,3)7-6-9-4-5-10-7/h4-9H,1-3H3;4-10H,1-3H3;5-7H,1-4H3;4-6H,1-3H3;3*4-7H,1-3H3;4-6H,1-3H3. The van der Waals surface area contributed by atoms with Crippen LogP contribution in [0.2, 0.25) is 5.02 Å². The van der Waals surface area contributed by atoms with Crippen molar-refractivity contribution in [3.05, 3.63) is 281 Å². The van der Waals surface area contributed by atoms with Gasteiger partial charge in [-0.1, -0.05) is 208 Å². The van der Waals surface area contributed by atoms with E-state index in [9.17, 15) is 13.2 Å². The third-order valence-corrected chi connectivity index (χ3v) is 14.6. The minimum Gasteiger partial charge on any atom is -0.439 e. The van der Waals surface area contributed by atoms with Crippen LogP contribution in [0, 0.1) is 24.4 Å². The lowest BCUT2D eigenvalue weighted by Gasteiger charge is -2.21. The van der Waals surface area contributed by atoms with Gasteiger partial charge in [0.15, 0.2) is 11.6 Å². The molecule has 0 unspecified atom stereocenters. The summed E-state index contributed by atoms with van der Waals surface area (Å²) in [5, 5.41) is 0.693. The zero-order chi connectivity index (χ0) is 74.6. The molecule has 0 radical (unpaired) electrons. The van der Waals surface area contributed by atoms with Gasteiger partial charge in [0, 0.05) is 130 Å². The van der Waals surface area contributed by atoms with E-state index in [0.29, 0.717) is 22.5 Å². The Labute approximate surface area is 596 Å². The highest BCUT2D eigenvalue weighted by Gasteiger charge is 2.23. The largest absolute Gasteiger partial charge is 0.439 e. The first-order chi connectivity index (χ1) is 45.8. The number of nitrogens with zero attached hydrogens (tertiary/aromatic N) is 9. The van der Waals surface area contributed by atoms with Crippen molar-refractivity contribution in [2.45, 2.75) is 216 Å². The van der Waals surface area contributed by atoms with E-state index in [1.165, 1.54) is 40.6 Å². The minimum absolute atomic E-state index is 0.0365. The van der Waals surface area contributed by atoms with Crippen LogP contribution >= 0.6 is 11.6 Å². The van der Waals surface area contributed by atoms with Gasteiger partial charge in [0.2, 0.25) is 11.8 Å². The quantitative estimate of drug-likeness (QED) is 0.167. The first-order valence-electron chi connectivity index (χ1n) is 33.3. The molecule has 0 spiro atoms. The Kier molecular flexibility index (Phi) is 32.4. The molecule has 0 saturated carbocycles. The van der Waals surface area contributed by atoms with Gasteiger partial charge >= 0.3 is 0 Å². The molecular formula is C84H109ClF3N9O2. The Hall–Kier alpha value is -8.75. The van der Waals surface area contributed by atoms with Crippen LogP contribution in [0.3, 0.4) is 0 Å². The van der Waals surface area contributed by atoms with Crippen LogP contribution in [0.25, 0.3) is 0 Å². The molecule has 0 saturated heterocycles. The summed E-state index contributed by atoms with van der Waals surface area (Å²) in [6.07, 6.45) is 21.2. The molecule has 0 atom stereocenters. The summed E-state index contributed by atoms with van der Waals surface area (Å²) in [6, 6.07) is 38.8. The predicted octanol–water partition coefficient (Wildman–Crippen LogP) is 23.4. The zero-order valence-electron chi connectivity index (χ0n) is 63.5. The molecule has 530 valence electrons. The van der Waals surface area contributed by atoms with Crippen LogP contribution in [0.15, 0.2) is 208 Å². The molecule has 10 aromatic rings. The summed E-state index contributed by atoms with van der Waals surface area (Å²) in [7, 11) is 0. The molecule has 0 aliphatic carbocycles. The van der Waals surface area contributed by atoms with Gasteiger partial charge in [-0.15, -0.1) is 0 Å². The molecule has 0 amide bonds. The van der Waals surface area contributed by atoms with E-state index in [4.69, 9.17) is 21.1 Å². The second kappa shape index (κ2) is 38.0. The molecule has 0 fully saturated rings. The lowest BCUT2D eigenvalue weighted by molar-refractivity contribution is 0.407. The van der Waals surface area contributed by atoms with Gasteiger partial charge in [-0.2, -0.15) is 0 Å². The van der Waals surface area contributed by atoms with E-state index < -0.39 is 11.6 Å². The van der Waals surface area contributed by atoms with E-state index in [2.05, 4.69) is 228 Å². The monoisotopic (exact) mass is 1370 g/mol. The van der Waals surface area contributed by atoms with Crippen LogP contribution in [0.4, 0.5) is 13.2 Å². The highest BCUT2D eigenvalue weighted by Crippen LogP contribution is 2.35. The Morgan fingerprint density at radius 1 is 0.323 bits per heavy atom. The van der Waals surface area contributed by atoms with Gasteiger partial charge in [-0.3, -0.25) is 34.9 Å². The van der Waals surface area contributed by atoms with E-state index in [1.54, 1.807) is 61.6 Å². The fraction of sp³-hybridized carbons (Fsp3) is 0.393. The summed E-state index contributed by atoms with van der Waals surface area (Å²) in [5.74, 6) is -0.213. The summed E-state index contributed by atoms with van der Waals surface area (Å²) in [5.41, 5.74) is 11.1. The molecule has 8 heterocycles. The van der Waals surface area contributed by atoms with Crippen LogP contribution < -0.4 is 9.47 Å². The maximum atomic E-state index is 13.6. The first-order valence-corrected chi connectivity index (χ1v) is 33.7. The second-order valence-corrected chi connectivity index (χ2v) is 32.2. The van der Waals surface area contributed by atoms with Gasteiger partial charge in [-0.25, -0.2) is 23.1 Å². The Balaban J connectivity index is 0.000000299. The molecular weight excluding hydrogens is 1260 g/mol. The van der Waals surface area contributed by atoms with Crippen molar-refractivity contribution in [1.82, 2.24) is 44.9 Å². The molecule has 11 nitrogen and oxygen atoms in total. The number of pyridine rings is 7. The zero-order valence-corrected chi connectivity index (χ0v) is 64.2. The average Bonchev–Trinajstić information content (AvgIpc) is 0.851. The molecule has 8 aromatic heterocycles. The number of rotatable bonds is 4. The molecule has 0 bridgehead atoms. The van der Waals surface area contributed by atoms with Crippen molar-refractivity contribution < 1.29 is 22.6 Å². The van der Waals surface area contributed by atoms with Gasteiger partial charge in [0.05, 0.1) is 10.7 Å². The summed E-state index contributed by atoms with van der Waals surface area (Å²) >= 11 is 5.70. The van der Waals surface area contributed by atoms with Gasteiger partial charge < -0.3 is 9.47 Å². The minimum atomic E-state index is -0.745. The molecule has 10 rings (SSSR count). The summed E-state index contributed by atoms with van der Waals surface area (Å²) in [6.45, 7) is 53.4. The highest BCUT2D eigenvalue weighted by molar-refractivity contribution is 6.30. The van der Waals surface area contributed by atoms with E-state index in [-0.39, 0.29) is 54.9 Å². The molecule has 15 heteroatoms. The lowest BCUT2D eigenvalue weighted by atomic mass is 9.88. The molecule has 0 aliphatic rings. The first kappa shape index (κ1) is 84.5. The maximum absolute atomic E-state index is 13.6. The Morgan fingerprint density at radius 3 is 1.19 bits per heavy atom. The fourth-order valence-electron chi connectivity index (χ4n) is 8.60. The number of benzene rings is 2. The van der Waals surface area contributed by atoms with Crippen LogP contribution in [0.5, 0.6) is 23.3 Å². The number of halogens is 4. The average molecular weight is 1370 g/mol. The number of aromatic nitrogens is 9. The van der Waals surface area contributed by atoms with Crippen molar-refractivity contribution >= 4 is 11.6 Å². The summed E-state index contributed by atoms with van der Waals surface area (Å²) < 4.78 is 50.4. The third kappa shape index (κ3) is 32.2.